The summed E-state index contributed by atoms with van der Waals surface area (Å²) in [7, 11) is 5.30. The molecule has 1 spiro atoms. The van der Waals surface area contributed by atoms with Crippen molar-refractivity contribution in [2.45, 2.75) is 70.5 Å². The van der Waals surface area contributed by atoms with Gasteiger partial charge in [-0.05, 0) is 105 Å². The number of nitrogens with one attached hydrogen (secondary N) is 1. The molecular weight excluding hydrogens is 697 g/mol. The minimum Gasteiger partial charge on any atom is -0.496 e. The van der Waals surface area contributed by atoms with Crippen LogP contribution in [0.3, 0.4) is 0 Å². The molecule has 0 bridgehead atoms. The van der Waals surface area contributed by atoms with Crippen LogP contribution in [0.4, 0.5) is 5.69 Å². The van der Waals surface area contributed by atoms with Gasteiger partial charge in [-0.25, -0.2) is 0 Å². The highest BCUT2D eigenvalue weighted by molar-refractivity contribution is 6.05. The summed E-state index contributed by atoms with van der Waals surface area (Å²) in [6.45, 7) is 8.66. The Bertz CT molecular complexity index is 2080. The molecule has 12 nitrogen and oxygen atoms in total. The van der Waals surface area contributed by atoms with Crippen LogP contribution >= 0.6 is 0 Å². The van der Waals surface area contributed by atoms with Crippen molar-refractivity contribution in [2.75, 3.05) is 64.9 Å². The third-order valence-electron chi connectivity index (χ3n) is 13.4. The van der Waals surface area contributed by atoms with Crippen molar-refractivity contribution in [2.24, 2.45) is 18.4 Å². The molecule has 1 N–H and O–H groups in total. The lowest BCUT2D eigenvalue weighted by Crippen LogP contribution is -2.61. The van der Waals surface area contributed by atoms with Gasteiger partial charge in [-0.15, -0.1) is 0 Å². The summed E-state index contributed by atoms with van der Waals surface area (Å²) in [5.41, 5.74) is 8.49. The standard InChI is InChI=1S/C43H52N6O6/c1-45-23-34(31-6-4-5-7-32(31)41(45)52)29-16-37(54-2)35(38(17-29)55-3)24-47-20-27(21-47)19-46-14-12-43(13-15-46)25-48(26-43)30-9-8-28-22-49(42(53)33(28)18-30)36-10-11-39(50)44-40(36)51/h8-9,16-18,23,27,36H,4-7,10-15,19-22,24-26H2,1-3H3,(H,44,50,51). The molecule has 9 rings (SSSR count). The molecule has 3 aromatic rings. The highest BCUT2D eigenvalue weighted by atomic mass is 16.5. The van der Waals surface area contributed by atoms with Crippen LogP contribution < -0.4 is 25.2 Å². The number of ether oxygens (including phenoxy) is 2. The molecule has 6 heterocycles. The molecule has 2 aromatic carbocycles. The number of likely N-dealkylation sites (tertiary alicyclic amines) is 2. The second-order valence-electron chi connectivity index (χ2n) is 16.9. The second kappa shape index (κ2) is 14.1. The van der Waals surface area contributed by atoms with Gasteiger partial charge in [0.1, 0.15) is 17.5 Å². The van der Waals surface area contributed by atoms with Crippen molar-refractivity contribution in [3.63, 3.8) is 0 Å². The molecule has 4 fully saturated rings. The van der Waals surface area contributed by atoms with Crippen molar-refractivity contribution in [3.05, 3.63) is 74.7 Å². The number of fused-ring (bicyclic) bond motifs is 2. The van der Waals surface area contributed by atoms with Gasteiger partial charge in [0.25, 0.3) is 11.5 Å². The smallest absolute Gasteiger partial charge is 0.255 e. The predicted molar refractivity (Wildman–Crippen MR) is 208 cm³/mol. The van der Waals surface area contributed by atoms with Gasteiger partial charge in [0.2, 0.25) is 11.8 Å². The number of aryl methyl sites for hydroxylation is 1. The van der Waals surface area contributed by atoms with Crippen molar-refractivity contribution >= 4 is 23.4 Å². The number of piperidine rings is 2. The number of aromatic nitrogens is 1. The van der Waals surface area contributed by atoms with Crippen LogP contribution in [0.5, 0.6) is 11.5 Å². The first-order chi connectivity index (χ1) is 26.6. The lowest BCUT2D eigenvalue weighted by molar-refractivity contribution is -0.136. The van der Waals surface area contributed by atoms with E-state index in [0.717, 1.165) is 123 Å². The van der Waals surface area contributed by atoms with E-state index in [1.165, 1.54) is 18.4 Å². The number of hydrogen-bond acceptors (Lipinski definition) is 9. The molecule has 3 amide bonds. The van der Waals surface area contributed by atoms with Crippen molar-refractivity contribution in [1.29, 1.82) is 0 Å². The fourth-order valence-electron chi connectivity index (χ4n) is 10.2. The summed E-state index contributed by atoms with van der Waals surface area (Å²) in [6, 6.07) is 9.81. The number of carbonyl (C=O) groups excluding carboxylic acids is 3. The third-order valence-corrected chi connectivity index (χ3v) is 13.4. The minimum absolute atomic E-state index is 0.114. The van der Waals surface area contributed by atoms with Gasteiger partial charge in [0, 0.05) is 93.3 Å². The third kappa shape index (κ3) is 6.50. The zero-order valence-corrected chi connectivity index (χ0v) is 32.3. The first-order valence-corrected chi connectivity index (χ1v) is 20.1. The zero-order valence-electron chi connectivity index (χ0n) is 32.3. The van der Waals surface area contributed by atoms with Crippen molar-refractivity contribution in [1.82, 2.24) is 24.6 Å². The van der Waals surface area contributed by atoms with Gasteiger partial charge in [0.05, 0.1) is 19.8 Å². The normalized spacial score (nSPS) is 22.6. The average Bonchev–Trinajstić information content (AvgIpc) is 3.49. The predicted octanol–water partition coefficient (Wildman–Crippen LogP) is 3.74. The van der Waals surface area contributed by atoms with Crippen LogP contribution in [0.2, 0.25) is 0 Å². The zero-order chi connectivity index (χ0) is 38.0. The number of benzene rings is 2. The van der Waals surface area contributed by atoms with Crippen molar-refractivity contribution in [3.8, 4) is 22.6 Å². The van der Waals surface area contributed by atoms with E-state index in [2.05, 4.69) is 38.2 Å². The van der Waals surface area contributed by atoms with Crippen LogP contribution in [-0.4, -0.2) is 103 Å². The summed E-state index contributed by atoms with van der Waals surface area (Å²) in [5.74, 6) is 1.54. The number of rotatable bonds is 9. The molecule has 1 aromatic heterocycles. The van der Waals surface area contributed by atoms with E-state index < -0.39 is 6.04 Å². The number of carbonyl (C=O) groups is 3. The number of anilines is 1. The summed E-state index contributed by atoms with van der Waals surface area (Å²) in [5, 5.41) is 2.39. The maximum Gasteiger partial charge on any atom is 0.255 e. The first-order valence-electron chi connectivity index (χ1n) is 20.1. The fourth-order valence-corrected chi connectivity index (χ4v) is 10.2. The molecule has 1 unspecified atom stereocenters. The SMILES string of the molecule is COc1cc(-c2cn(C)c(=O)c3c2CCCC3)cc(OC)c1CN1CC(CN2CCC3(CC2)CN(c2ccc4c(c2)C(=O)N(C2CCC(=O)NC2=O)C4)C3)C1. The molecule has 5 aliphatic heterocycles. The Morgan fingerprint density at radius 2 is 1.56 bits per heavy atom. The topological polar surface area (TPSA) is 117 Å². The molecule has 12 heteroatoms. The number of amides is 3. The Kier molecular flexibility index (Phi) is 9.24. The van der Waals surface area contributed by atoms with Crippen LogP contribution in [0, 0.1) is 11.3 Å². The Morgan fingerprint density at radius 1 is 0.855 bits per heavy atom. The van der Waals surface area contributed by atoms with Gasteiger partial charge in [0.15, 0.2) is 0 Å². The number of methoxy groups -OCH3 is 2. The molecular formula is C43H52N6O6. The molecule has 6 aliphatic rings. The fraction of sp³-hybridized carbons (Fsp3) is 0.535. The van der Waals surface area contributed by atoms with Crippen LogP contribution in [0.25, 0.3) is 11.1 Å². The maximum absolute atomic E-state index is 13.4. The Hall–Kier alpha value is -4.68. The highest BCUT2D eigenvalue weighted by Crippen LogP contribution is 2.44. The lowest BCUT2D eigenvalue weighted by atomic mass is 9.71. The minimum atomic E-state index is -0.586. The largest absolute Gasteiger partial charge is 0.496 e. The lowest BCUT2D eigenvalue weighted by Gasteiger charge is -2.55. The molecule has 0 saturated carbocycles. The summed E-state index contributed by atoms with van der Waals surface area (Å²) < 4.78 is 13.7. The summed E-state index contributed by atoms with van der Waals surface area (Å²) >= 11 is 0. The number of nitrogens with zero attached hydrogens (tertiary/aromatic N) is 5. The first kappa shape index (κ1) is 36.0. The monoisotopic (exact) mass is 748 g/mol. The van der Waals surface area contributed by atoms with E-state index in [9.17, 15) is 19.2 Å². The highest BCUT2D eigenvalue weighted by Gasteiger charge is 2.46. The molecule has 4 saturated heterocycles. The van der Waals surface area contributed by atoms with E-state index in [1.54, 1.807) is 23.7 Å². The maximum atomic E-state index is 13.4. The summed E-state index contributed by atoms with van der Waals surface area (Å²) in [4.78, 5) is 59.5. The van der Waals surface area contributed by atoms with Crippen LogP contribution in [-0.2, 0) is 42.6 Å². The Morgan fingerprint density at radius 3 is 2.25 bits per heavy atom. The van der Waals surface area contributed by atoms with E-state index in [1.807, 2.05) is 25.4 Å². The van der Waals surface area contributed by atoms with Crippen LogP contribution in [0.15, 0.2) is 41.3 Å². The van der Waals surface area contributed by atoms with Crippen LogP contribution in [0.1, 0.15) is 71.1 Å². The number of imide groups is 1. The van der Waals surface area contributed by atoms with Crippen molar-refractivity contribution < 1.29 is 23.9 Å². The quantitative estimate of drug-likeness (QED) is 0.327. The van der Waals surface area contributed by atoms with E-state index in [0.29, 0.717) is 29.9 Å². The number of hydrogen-bond donors (Lipinski definition) is 1. The summed E-state index contributed by atoms with van der Waals surface area (Å²) in [6.07, 6.45) is 8.91. The van der Waals surface area contributed by atoms with Gasteiger partial charge in [-0.1, -0.05) is 6.07 Å². The molecule has 1 atom stereocenters. The van der Waals surface area contributed by atoms with Gasteiger partial charge < -0.3 is 28.7 Å². The average molecular weight is 749 g/mol. The molecule has 290 valence electrons. The second-order valence-corrected chi connectivity index (χ2v) is 16.9. The molecule has 55 heavy (non-hydrogen) atoms. The van der Waals surface area contributed by atoms with E-state index >= 15 is 0 Å². The number of pyridine rings is 1. The van der Waals surface area contributed by atoms with E-state index in [4.69, 9.17) is 9.47 Å². The molecule has 1 aliphatic carbocycles. The Balaban J connectivity index is 0.768. The van der Waals surface area contributed by atoms with Gasteiger partial charge >= 0.3 is 0 Å². The van der Waals surface area contributed by atoms with E-state index in [-0.39, 0.29) is 29.7 Å². The van der Waals surface area contributed by atoms with Gasteiger partial charge in [-0.3, -0.25) is 29.4 Å². The van der Waals surface area contributed by atoms with Gasteiger partial charge in [-0.2, -0.15) is 0 Å². The Labute approximate surface area is 322 Å². The molecule has 0 radical (unpaired) electrons.